The van der Waals surface area contributed by atoms with Crippen LogP contribution in [0.3, 0.4) is 0 Å². The van der Waals surface area contributed by atoms with Crippen LogP contribution in [0.5, 0.6) is 5.75 Å². The Balaban J connectivity index is 1.72. The van der Waals surface area contributed by atoms with Gasteiger partial charge in [-0.1, -0.05) is 23.7 Å². The third-order valence-corrected chi connectivity index (χ3v) is 4.33. The zero-order chi connectivity index (χ0) is 18.3. The van der Waals surface area contributed by atoms with Crippen LogP contribution in [0.2, 0.25) is 5.02 Å². The quantitative estimate of drug-likeness (QED) is 0.516. The van der Waals surface area contributed by atoms with Gasteiger partial charge in [-0.3, -0.25) is 0 Å². The van der Waals surface area contributed by atoms with E-state index in [9.17, 15) is 13.2 Å². The van der Waals surface area contributed by atoms with Crippen molar-refractivity contribution in [3.05, 3.63) is 64.7 Å². The maximum Gasteiger partial charge on any atom is 0.338 e. The van der Waals surface area contributed by atoms with E-state index < -0.39 is 15.8 Å². The monoisotopic (exact) mass is 382 g/mol. The summed E-state index contributed by atoms with van der Waals surface area (Å²) in [6.45, 7) is 0.653. The Morgan fingerprint density at radius 3 is 2.24 bits per heavy atom. The molecule has 0 aliphatic rings. The molecule has 0 fully saturated rings. The number of rotatable bonds is 8. The summed E-state index contributed by atoms with van der Waals surface area (Å²) in [6.07, 6.45) is 1.72. The van der Waals surface area contributed by atoms with Gasteiger partial charge in [0.25, 0.3) is 0 Å². The van der Waals surface area contributed by atoms with E-state index in [0.29, 0.717) is 34.9 Å². The molecule has 0 bridgehead atoms. The van der Waals surface area contributed by atoms with Crippen molar-refractivity contribution in [2.45, 2.75) is 12.2 Å². The highest BCUT2D eigenvalue weighted by molar-refractivity contribution is 7.89. The van der Waals surface area contributed by atoms with Gasteiger partial charge >= 0.3 is 5.97 Å². The summed E-state index contributed by atoms with van der Waals surface area (Å²) in [6, 6.07) is 13.4. The van der Waals surface area contributed by atoms with E-state index >= 15 is 0 Å². The van der Waals surface area contributed by atoms with E-state index in [2.05, 4.69) is 0 Å². The second kappa shape index (κ2) is 8.87. The molecular formula is C18H19ClO5S. The van der Waals surface area contributed by atoms with Crippen molar-refractivity contribution < 1.29 is 22.7 Å². The molecule has 0 aliphatic carbocycles. The Bertz CT molecular complexity index is 798. The lowest BCUT2D eigenvalue weighted by Crippen LogP contribution is -2.09. The summed E-state index contributed by atoms with van der Waals surface area (Å²) in [5, 5.41) is 0.642. The average Bonchev–Trinajstić information content (AvgIpc) is 2.55. The Morgan fingerprint density at radius 1 is 1.00 bits per heavy atom. The number of carbonyl (C=O) groups is 1. The van der Waals surface area contributed by atoms with E-state index in [1.165, 1.54) is 6.26 Å². The molecule has 0 spiro atoms. The van der Waals surface area contributed by atoms with Crippen molar-refractivity contribution in [1.29, 1.82) is 0 Å². The van der Waals surface area contributed by atoms with Crippen molar-refractivity contribution >= 4 is 27.4 Å². The topological polar surface area (TPSA) is 69.7 Å². The summed E-state index contributed by atoms with van der Waals surface area (Å²) < 4.78 is 33.1. The van der Waals surface area contributed by atoms with Crippen molar-refractivity contribution in [2.24, 2.45) is 0 Å². The highest BCUT2D eigenvalue weighted by atomic mass is 35.5. The lowest BCUT2D eigenvalue weighted by molar-refractivity contribution is 0.0486. The molecule has 0 saturated heterocycles. The minimum absolute atomic E-state index is 0.0512. The molecule has 2 aromatic carbocycles. The van der Waals surface area contributed by atoms with Gasteiger partial charge < -0.3 is 9.47 Å². The molecular weight excluding hydrogens is 364 g/mol. The fraction of sp³-hybridized carbons (Fsp3) is 0.278. The number of sulfone groups is 1. The molecule has 0 amide bonds. The van der Waals surface area contributed by atoms with Crippen molar-refractivity contribution in [3.63, 3.8) is 0 Å². The first kappa shape index (κ1) is 19.3. The maximum atomic E-state index is 11.9. The molecule has 0 atom stereocenters. The summed E-state index contributed by atoms with van der Waals surface area (Å²) >= 11 is 5.79. The molecule has 25 heavy (non-hydrogen) atoms. The van der Waals surface area contributed by atoms with E-state index in [1.807, 2.05) is 0 Å². The molecule has 7 heteroatoms. The molecule has 0 aliphatic heterocycles. The Labute approximate surface area is 152 Å². The van der Waals surface area contributed by atoms with Gasteiger partial charge in [-0.05, 0) is 42.0 Å². The fourth-order valence-corrected chi connectivity index (χ4v) is 2.99. The average molecular weight is 383 g/mol. The number of halogens is 1. The third kappa shape index (κ3) is 7.15. The zero-order valence-electron chi connectivity index (χ0n) is 13.8. The van der Waals surface area contributed by atoms with Crippen LogP contribution in [0.15, 0.2) is 48.5 Å². The number of esters is 1. The van der Waals surface area contributed by atoms with Crippen molar-refractivity contribution in [3.8, 4) is 5.75 Å². The van der Waals surface area contributed by atoms with Crippen LogP contribution in [-0.2, 0) is 20.3 Å². The second-order valence-corrected chi connectivity index (χ2v) is 8.14. The van der Waals surface area contributed by atoms with Crippen molar-refractivity contribution in [2.75, 3.05) is 19.5 Å². The summed E-state index contributed by atoms with van der Waals surface area (Å²) in [5.74, 6) is 0.208. The van der Waals surface area contributed by atoms with Crippen LogP contribution >= 0.6 is 11.6 Å². The van der Waals surface area contributed by atoms with E-state index in [-0.39, 0.29) is 12.4 Å². The Hall–Kier alpha value is -2.05. The minimum Gasteiger partial charge on any atom is -0.493 e. The van der Waals surface area contributed by atoms with Gasteiger partial charge in [0.2, 0.25) is 0 Å². The van der Waals surface area contributed by atoms with Crippen LogP contribution in [-0.4, -0.2) is 33.9 Å². The third-order valence-electron chi connectivity index (χ3n) is 3.22. The summed E-state index contributed by atoms with van der Waals surface area (Å²) in [7, 11) is -3.09. The van der Waals surface area contributed by atoms with Crippen molar-refractivity contribution in [1.82, 2.24) is 0 Å². The maximum absolute atomic E-state index is 11.9. The summed E-state index contributed by atoms with van der Waals surface area (Å²) in [5.41, 5.74) is 1.02. The molecule has 5 nitrogen and oxygen atoms in total. The molecule has 2 rings (SSSR count). The minimum atomic E-state index is -3.09. The van der Waals surface area contributed by atoms with Gasteiger partial charge in [-0.15, -0.1) is 0 Å². The van der Waals surface area contributed by atoms with Gasteiger partial charge in [0.15, 0.2) is 9.84 Å². The molecule has 0 radical (unpaired) electrons. The molecule has 0 heterocycles. The van der Waals surface area contributed by atoms with Gasteiger partial charge in [0.05, 0.1) is 24.5 Å². The normalized spacial score (nSPS) is 11.1. The van der Waals surface area contributed by atoms with Crippen LogP contribution in [0.25, 0.3) is 0 Å². The molecule has 2 aromatic rings. The highest BCUT2D eigenvalue weighted by Crippen LogP contribution is 2.15. The van der Waals surface area contributed by atoms with Gasteiger partial charge in [-0.2, -0.15) is 0 Å². The predicted molar refractivity (Wildman–Crippen MR) is 96.8 cm³/mol. The highest BCUT2D eigenvalue weighted by Gasteiger charge is 2.09. The van der Waals surface area contributed by atoms with Gasteiger partial charge in [-0.25, -0.2) is 13.2 Å². The lowest BCUT2D eigenvalue weighted by Gasteiger charge is -2.08. The molecule has 0 unspecified atom stereocenters. The molecule has 0 saturated carbocycles. The van der Waals surface area contributed by atoms with E-state index in [1.54, 1.807) is 48.5 Å². The number of ether oxygens (including phenoxy) is 2. The summed E-state index contributed by atoms with van der Waals surface area (Å²) in [4.78, 5) is 11.9. The number of benzene rings is 2. The second-order valence-electron chi connectivity index (χ2n) is 5.56. The van der Waals surface area contributed by atoms with Gasteiger partial charge in [0, 0.05) is 17.7 Å². The van der Waals surface area contributed by atoms with Crippen LogP contribution in [0.1, 0.15) is 22.3 Å². The molecule has 0 aromatic heterocycles. The van der Waals surface area contributed by atoms with E-state index in [0.717, 1.165) is 0 Å². The Kier molecular flexibility index (Phi) is 6.84. The first-order chi connectivity index (χ1) is 11.8. The number of hydrogen-bond acceptors (Lipinski definition) is 5. The first-order valence-corrected chi connectivity index (χ1v) is 10.1. The fourth-order valence-electron chi connectivity index (χ4n) is 2.07. The number of carbonyl (C=O) groups excluding carboxylic acids is 1. The SMILES string of the molecule is CS(=O)(=O)Cc1ccc(C(=O)OCCCOc2ccc(Cl)cc2)cc1. The first-order valence-electron chi connectivity index (χ1n) is 7.66. The Morgan fingerprint density at radius 2 is 1.64 bits per heavy atom. The van der Waals surface area contributed by atoms with Gasteiger partial charge in [0.1, 0.15) is 5.75 Å². The zero-order valence-corrected chi connectivity index (χ0v) is 15.3. The largest absolute Gasteiger partial charge is 0.493 e. The lowest BCUT2D eigenvalue weighted by atomic mass is 10.1. The smallest absolute Gasteiger partial charge is 0.338 e. The molecule has 134 valence electrons. The van der Waals surface area contributed by atoms with Crippen LogP contribution in [0.4, 0.5) is 0 Å². The molecule has 0 N–H and O–H groups in total. The predicted octanol–water partition coefficient (Wildman–Crippen LogP) is 3.51. The number of hydrogen-bond donors (Lipinski definition) is 0. The standard InChI is InChI=1S/C18H19ClO5S/c1-25(21,22)13-14-3-5-15(6-4-14)18(20)24-12-2-11-23-17-9-7-16(19)8-10-17/h3-10H,2,11-13H2,1H3. The van der Waals surface area contributed by atoms with Crippen LogP contribution < -0.4 is 4.74 Å². The van der Waals surface area contributed by atoms with Crippen LogP contribution in [0, 0.1) is 0 Å². The van der Waals surface area contributed by atoms with E-state index in [4.69, 9.17) is 21.1 Å².